The van der Waals surface area contributed by atoms with Crippen LogP contribution >= 0.6 is 11.3 Å². The molecule has 0 aliphatic heterocycles. The molecule has 1 aliphatic carbocycles. The number of primary amides is 1. The number of urea groups is 1. The van der Waals surface area contributed by atoms with Crippen LogP contribution in [0.5, 0.6) is 0 Å². The lowest BCUT2D eigenvalue weighted by atomic mass is 9.96. The van der Waals surface area contributed by atoms with Crippen molar-refractivity contribution in [3.05, 3.63) is 45.9 Å². The van der Waals surface area contributed by atoms with Crippen molar-refractivity contribution in [3.8, 4) is 0 Å². The number of rotatable bonds is 6. The van der Waals surface area contributed by atoms with Crippen molar-refractivity contribution in [1.29, 1.82) is 0 Å². The van der Waals surface area contributed by atoms with E-state index >= 15 is 0 Å². The highest BCUT2D eigenvalue weighted by molar-refractivity contribution is 7.13. The lowest BCUT2D eigenvalue weighted by molar-refractivity contribution is 0.100. The van der Waals surface area contributed by atoms with Gasteiger partial charge in [0.05, 0.1) is 18.9 Å². The molecule has 2 aromatic rings. The minimum Gasteiger partial charge on any atom is -0.365 e. The Labute approximate surface area is 141 Å². The molecule has 0 atom stereocenters. The van der Waals surface area contributed by atoms with Gasteiger partial charge in [-0.15, -0.1) is 11.3 Å². The highest BCUT2D eigenvalue weighted by atomic mass is 32.1. The van der Waals surface area contributed by atoms with E-state index in [-0.39, 0.29) is 23.8 Å². The molecule has 0 aromatic carbocycles. The lowest BCUT2D eigenvalue weighted by Gasteiger charge is -2.17. The fourth-order valence-corrected chi connectivity index (χ4v) is 3.18. The van der Waals surface area contributed by atoms with Gasteiger partial charge in [0.2, 0.25) is 0 Å². The lowest BCUT2D eigenvalue weighted by Crippen LogP contribution is -2.39. The summed E-state index contributed by atoms with van der Waals surface area (Å²) in [6.45, 7) is 0.546. The molecule has 1 saturated carbocycles. The normalized spacial score (nSPS) is 14.9. The summed E-state index contributed by atoms with van der Waals surface area (Å²) in [5, 5.41) is 6.00. The maximum absolute atomic E-state index is 13.9. The molecule has 0 saturated heterocycles. The smallest absolute Gasteiger partial charge is 0.315 e. The summed E-state index contributed by atoms with van der Waals surface area (Å²) in [7, 11) is 0. The van der Waals surface area contributed by atoms with Crippen LogP contribution in [0.4, 0.5) is 9.18 Å². The zero-order valence-electron chi connectivity index (χ0n) is 12.7. The third kappa shape index (κ3) is 3.51. The molecule has 1 aliphatic rings. The number of amides is 3. The third-order valence-corrected chi connectivity index (χ3v) is 4.99. The summed E-state index contributed by atoms with van der Waals surface area (Å²) in [6, 6.07) is 1.29. The maximum Gasteiger partial charge on any atom is 0.315 e. The Hall–Kier alpha value is -2.55. The Morgan fingerprint density at radius 1 is 1.33 bits per heavy atom. The Morgan fingerprint density at radius 2 is 2.12 bits per heavy atom. The van der Waals surface area contributed by atoms with Crippen LogP contribution < -0.4 is 16.4 Å². The van der Waals surface area contributed by atoms with Gasteiger partial charge in [0.1, 0.15) is 15.7 Å². The SMILES string of the molecule is NC(=O)c1cnc(CNC(=O)NCC2(c3ccncc3F)CC2)s1. The van der Waals surface area contributed by atoms with Crippen LogP contribution in [0, 0.1) is 5.82 Å². The fourth-order valence-electron chi connectivity index (χ4n) is 2.47. The van der Waals surface area contributed by atoms with E-state index < -0.39 is 5.91 Å². The van der Waals surface area contributed by atoms with Crippen molar-refractivity contribution in [1.82, 2.24) is 20.6 Å². The van der Waals surface area contributed by atoms with Gasteiger partial charge in [-0.2, -0.15) is 0 Å². The molecule has 3 rings (SSSR count). The van der Waals surface area contributed by atoms with Crippen molar-refractivity contribution >= 4 is 23.3 Å². The van der Waals surface area contributed by atoms with E-state index in [0.717, 1.165) is 24.2 Å². The first kappa shape index (κ1) is 16.3. The van der Waals surface area contributed by atoms with E-state index in [0.29, 0.717) is 22.0 Å². The summed E-state index contributed by atoms with van der Waals surface area (Å²) in [5.41, 5.74) is 5.39. The highest BCUT2D eigenvalue weighted by Crippen LogP contribution is 2.48. The molecule has 1 fully saturated rings. The number of carbonyl (C=O) groups is 2. The first-order chi connectivity index (χ1) is 11.5. The van der Waals surface area contributed by atoms with Crippen LogP contribution in [0.2, 0.25) is 0 Å². The number of aromatic nitrogens is 2. The van der Waals surface area contributed by atoms with Crippen LogP contribution in [0.15, 0.2) is 24.7 Å². The van der Waals surface area contributed by atoms with Crippen LogP contribution in [0.1, 0.15) is 33.1 Å². The van der Waals surface area contributed by atoms with E-state index in [1.54, 1.807) is 12.3 Å². The summed E-state index contributed by atoms with van der Waals surface area (Å²) in [5.74, 6) is -0.891. The number of hydrogen-bond donors (Lipinski definition) is 3. The van der Waals surface area contributed by atoms with Crippen LogP contribution in [-0.4, -0.2) is 28.5 Å². The van der Waals surface area contributed by atoms with E-state index in [1.165, 1.54) is 12.4 Å². The van der Waals surface area contributed by atoms with Crippen molar-refractivity contribution < 1.29 is 14.0 Å². The molecule has 2 heterocycles. The number of carbonyl (C=O) groups excluding carboxylic acids is 2. The molecule has 9 heteroatoms. The Bertz CT molecular complexity index is 775. The van der Waals surface area contributed by atoms with Gasteiger partial charge in [-0.1, -0.05) is 0 Å². The van der Waals surface area contributed by atoms with Crippen molar-refractivity contribution in [2.24, 2.45) is 5.73 Å². The molecular formula is C15H16FN5O2S. The van der Waals surface area contributed by atoms with Gasteiger partial charge in [-0.25, -0.2) is 14.2 Å². The van der Waals surface area contributed by atoms with Crippen molar-refractivity contribution in [3.63, 3.8) is 0 Å². The molecule has 0 bridgehead atoms. The van der Waals surface area contributed by atoms with E-state index in [2.05, 4.69) is 20.6 Å². The minimum absolute atomic E-state index is 0.195. The van der Waals surface area contributed by atoms with Gasteiger partial charge in [0.25, 0.3) is 5.91 Å². The summed E-state index contributed by atoms with van der Waals surface area (Å²) >= 11 is 1.13. The standard InChI is InChI=1S/C15H16FN5O2S/c16-10-5-18-4-1-9(10)15(2-3-15)8-21-14(23)20-7-12-19-6-11(24-12)13(17)22/h1,4-6H,2-3,7-8H2,(H2,17,22)(H2,20,21,23). The second kappa shape index (κ2) is 6.52. The Kier molecular flexibility index (Phi) is 4.43. The van der Waals surface area contributed by atoms with Crippen LogP contribution in [0.25, 0.3) is 0 Å². The summed E-state index contributed by atoms with van der Waals surface area (Å²) < 4.78 is 13.9. The van der Waals surface area contributed by atoms with Gasteiger partial charge < -0.3 is 16.4 Å². The Morgan fingerprint density at radius 3 is 2.75 bits per heavy atom. The quantitative estimate of drug-likeness (QED) is 0.730. The number of nitrogens with two attached hydrogens (primary N) is 1. The van der Waals surface area contributed by atoms with Gasteiger partial charge in [0, 0.05) is 18.2 Å². The summed E-state index contributed by atoms with van der Waals surface area (Å²) in [4.78, 5) is 31.0. The molecule has 3 amide bonds. The molecule has 0 unspecified atom stereocenters. The van der Waals surface area contributed by atoms with Gasteiger partial charge in [0.15, 0.2) is 0 Å². The average molecular weight is 349 g/mol. The maximum atomic E-state index is 13.9. The number of nitrogens with one attached hydrogen (secondary N) is 2. The van der Waals surface area contributed by atoms with Gasteiger partial charge in [-0.3, -0.25) is 9.78 Å². The predicted molar refractivity (Wildman–Crippen MR) is 86.0 cm³/mol. The van der Waals surface area contributed by atoms with Crippen LogP contribution in [-0.2, 0) is 12.0 Å². The van der Waals surface area contributed by atoms with E-state index in [1.807, 2.05) is 0 Å². The highest BCUT2D eigenvalue weighted by Gasteiger charge is 2.46. The Balaban J connectivity index is 1.51. The largest absolute Gasteiger partial charge is 0.365 e. The second-order valence-electron chi connectivity index (χ2n) is 5.65. The number of nitrogens with zero attached hydrogens (tertiary/aromatic N) is 2. The predicted octanol–water partition coefficient (Wildman–Crippen LogP) is 1.31. The molecule has 126 valence electrons. The third-order valence-electron chi connectivity index (χ3n) is 3.98. The molecule has 0 spiro atoms. The van der Waals surface area contributed by atoms with Gasteiger partial charge in [-0.05, 0) is 24.5 Å². The number of halogens is 1. The van der Waals surface area contributed by atoms with E-state index in [9.17, 15) is 14.0 Å². The van der Waals surface area contributed by atoms with Crippen molar-refractivity contribution in [2.75, 3.05) is 6.54 Å². The van der Waals surface area contributed by atoms with Crippen LogP contribution in [0.3, 0.4) is 0 Å². The molecule has 24 heavy (non-hydrogen) atoms. The number of pyridine rings is 1. The molecule has 0 radical (unpaired) electrons. The zero-order chi connectivity index (χ0) is 17.2. The number of thiazole rings is 1. The second-order valence-corrected chi connectivity index (χ2v) is 6.77. The zero-order valence-corrected chi connectivity index (χ0v) is 13.5. The molecule has 4 N–H and O–H groups in total. The molecule has 2 aromatic heterocycles. The monoisotopic (exact) mass is 349 g/mol. The number of hydrogen-bond acceptors (Lipinski definition) is 5. The topological polar surface area (TPSA) is 110 Å². The molecule has 7 nitrogen and oxygen atoms in total. The van der Waals surface area contributed by atoms with Crippen molar-refractivity contribution in [2.45, 2.75) is 24.8 Å². The first-order valence-corrected chi connectivity index (χ1v) is 8.18. The summed E-state index contributed by atoms with van der Waals surface area (Å²) in [6.07, 6.45) is 5.77. The average Bonchev–Trinajstić information content (AvgIpc) is 3.19. The minimum atomic E-state index is -0.543. The fraction of sp³-hybridized carbons (Fsp3) is 0.333. The first-order valence-electron chi connectivity index (χ1n) is 7.36. The van der Waals surface area contributed by atoms with E-state index in [4.69, 9.17) is 5.73 Å². The van der Waals surface area contributed by atoms with Gasteiger partial charge >= 0.3 is 6.03 Å². The molecular weight excluding hydrogens is 333 g/mol.